The molecule has 0 radical (unpaired) electrons. The van der Waals surface area contributed by atoms with Gasteiger partial charge in [0.25, 0.3) is 0 Å². The number of rotatable bonds is 2. The monoisotopic (exact) mass is 226 g/mol. The fourth-order valence-electron chi connectivity index (χ4n) is 1.62. The molecule has 0 atom stereocenters. The van der Waals surface area contributed by atoms with Crippen LogP contribution in [0.4, 0.5) is 0 Å². The van der Waals surface area contributed by atoms with E-state index in [4.69, 9.17) is 0 Å². The molecule has 1 N–H and O–H groups in total. The van der Waals surface area contributed by atoms with Crippen LogP contribution >= 0.6 is 11.3 Å². The number of H-pyrrole nitrogens is 1. The zero-order valence-corrected chi connectivity index (χ0v) is 9.37. The molecule has 2 nitrogen and oxygen atoms in total. The van der Waals surface area contributed by atoms with E-state index in [-0.39, 0.29) is 0 Å². The number of hydrogen-bond donors (Lipinski definition) is 1. The molecular formula is C13H10N2S. The Labute approximate surface area is 97.6 Å². The van der Waals surface area contributed by atoms with Gasteiger partial charge in [-0.3, -0.25) is 0 Å². The first-order valence-corrected chi connectivity index (χ1v) is 5.96. The lowest BCUT2D eigenvalue weighted by atomic mass is 10.2. The Morgan fingerprint density at radius 1 is 1.00 bits per heavy atom. The summed E-state index contributed by atoms with van der Waals surface area (Å²) >= 11 is 1.70. The molecule has 0 aliphatic heterocycles. The van der Waals surface area contributed by atoms with E-state index >= 15 is 0 Å². The van der Waals surface area contributed by atoms with Crippen LogP contribution in [0.25, 0.3) is 22.0 Å². The van der Waals surface area contributed by atoms with Crippen LogP contribution in [0, 0.1) is 0 Å². The van der Waals surface area contributed by atoms with Crippen molar-refractivity contribution in [3.8, 4) is 22.0 Å². The summed E-state index contributed by atoms with van der Waals surface area (Å²) < 4.78 is 0. The summed E-state index contributed by atoms with van der Waals surface area (Å²) in [6, 6.07) is 14.3. The minimum Gasteiger partial charge on any atom is -0.344 e. The molecular weight excluding hydrogens is 216 g/mol. The fourth-order valence-corrected chi connectivity index (χ4v) is 2.30. The highest BCUT2D eigenvalue weighted by Gasteiger charge is 2.05. The van der Waals surface area contributed by atoms with Crippen molar-refractivity contribution in [2.45, 2.75) is 0 Å². The maximum Gasteiger partial charge on any atom is 0.138 e. The van der Waals surface area contributed by atoms with Gasteiger partial charge in [-0.15, -0.1) is 11.3 Å². The largest absolute Gasteiger partial charge is 0.344 e. The van der Waals surface area contributed by atoms with Crippen LogP contribution in [0.1, 0.15) is 0 Å². The third-order valence-corrected chi connectivity index (χ3v) is 3.29. The van der Waals surface area contributed by atoms with Gasteiger partial charge in [0.1, 0.15) is 5.82 Å². The SMILES string of the molecule is c1ccc(-c2nc(-c3cccs3)c[nH]2)cc1. The first kappa shape index (κ1) is 9.36. The number of nitrogens with one attached hydrogen (secondary N) is 1. The summed E-state index contributed by atoms with van der Waals surface area (Å²) in [5.74, 6) is 0.920. The van der Waals surface area contributed by atoms with E-state index in [1.807, 2.05) is 30.5 Å². The third kappa shape index (κ3) is 1.66. The highest BCUT2D eigenvalue weighted by Crippen LogP contribution is 2.25. The van der Waals surface area contributed by atoms with Gasteiger partial charge in [-0.05, 0) is 11.4 Å². The van der Waals surface area contributed by atoms with Crippen LogP contribution in [-0.4, -0.2) is 9.97 Å². The first-order chi connectivity index (χ1) is 7.93. The van der Waals surface area contributed by atoms with E-state index in [1.165, 1.54) is 4.88 Å². The Bertz CT molecular complexity index is 567. The summed E-state index contributed by atoms with van der Waals surface area (Å²) in [7, 11) is 0. The standard InChI is InChI=1S/C13H10N2S/c1-2-5-10(6-3-1)13-14-9-11(15-13)12-7-4-8-16-12/h1-9H,(H,14,15). The van der Waals surface area contributed by atoms with Gasteiger partial charge < -0.3 is 4.98 Å². The molecule has 0 unspecified atom stereocenters. The van der Waals surface area contributed by atoms with Gasteiger partial charge in [-0.25, -0.2) is 4.98 Å². The number of benzene rings is 1. The normalized spacial score (nSPS) is 10.5. The molecule has 3 heteroatoms. The molecule has 0 spiro atoms. The van der Waals surface area contributed by atoms with Gasteiger partial charge in [-0.2, -0.15) is 0 Å². The number of nitrogens with zero attached hydrogens (tertiary/aromatic N) is 1. The summed E-state index contributed by atoms with van der Waals surface area (Å²) in [4.78, 5) is 8.98. The molecule has 78 valence electrons. The molecule has 0 saturated carbocycles. The predicted molar refractivity (Wildman–Crippen MR) is 67.3 cm³/mol. The van der Waals surface area contributed by atoms with Crippen molar-refractivity contribution in [2.24, 2.45) is 0 Å². The van der Waals surface area contributed by atoms with Gasteiger partial charge in [-0.1, -0.05) is 36.4 Å². The van der Waals surface area contributed by atoms with E-state index in [0.29, 0.717) is 0 Å². The highest BCUT2D eigenvalue weighted by atomic mass is 32.1. The Morgan fingerprint density at radius 2 is 1.88 bits per heavy atom. The number of imidazole rings is 1. The number of thiophene rings is 1. The third-order valence-electron chi connectivity index (χ3n) is 2.40. The molecule has 2 heterocycles. The van der Waals surface area contributed by atoms with Gasteiger partial charge in [0.05, 0.1) is 10.6 Å². The van der Waals surface area contributed by atoms with Crippen molar-refractivity contribution < 1.29 is 0 Å². The molecule has 0 aliphatic carbocycles. The minimum atomic E-state index is 0.920. The summed E-state index contributed by atoms with van der Waals surface area (Å²) in [6.45, 7) is 0. The molecule has 0 fully saturated rings. The molecule has 16 heavy (non-hydrogen) atoms. The maximum atomic E-state index is 4.58. The molecule has 0 aliphatic rings. The van der Waals surface area contributed by atoms with Crippen LogP contribution in [0.3, 0.4) is 0 Å². The zero-order chi connectivity index (χ0) is 10.8. The van der Waals surface area contributed by atoms with Crippen molar-refractivity contribution in [1.29, 1.82) is 0 Å². The van der Waals surface area contributed by atoms with E-state index in [0.717, 1.165) is 17.1 Å². The number of hydrogen-bond acceptors (Lipinski definition) is 2. The van der Waals surface area contributed by atoms with Crippen LogP contribution in [0.15, 0.2) is 54.0 Å². The average Bonchev–Trinajstić information content (AvgIpc) is 3.01. The second-order valence-corrected chi connectivity index (χ2v) is 4.43. The molecule has 0 saturated heterocycles. The predicted octanol–water partition coefficient (Wildman–Crippen LogP) is 3.81. The Kier molecular flexibility index (Phi) is 2.31. The minimum absolute atomic E-state index is 0.920. The molecule has 2 aromatic heterocycles. The molecule has 0 amide bonds. The van der Waals surface area contributed by atoms with Crippen LogP contribution in [0.2, 0.25) is 0 Å². The van der Waals surface area contributed by atoms with Gasteiger partial charge in [0, 0.05) is 11.8 Å². The van der Waals surface area contributed by atoms with Crippen molar-refractivity contribution in [3.05, 3.63) is 54.0 Å². The van der Waals surface area contributed by atoms with Crippen molar-refractivity contribution in [3.63, 3.8) is 0 Å². The van der Waals surface area contributed by atoms with Crippen molar-refractivity contribution in [1.82, 2.24) is 9.97 Å². The molecule has 3 aromatic rings. The quantitative estimate of drug-likeness (QED) is 0.707. The lowest BCUT2D eigenvalue weighted by Crippen LogP contribution is -1.78. The first-order valence-electron chi connectivity index (χ1n) is 5.08. The number of aromatic amines is 1. The smallest absolute Gasteiger partial charge is 0.138 e. The second-order valence-electron chi connectivity index (χ2n) is 3.48. The molecule has 1 aromatic carbocycles. The molecule has 3 rings (SSSR count). The van der Waals surface area contributed by atoms with Crippen LogP contribution < -0.4 is 0 Å². The van der Waals surface area contributed by atoms with E-state index in [1.54, 1.807) is 11.3 Å². The zero-order valence-electron chi connectivity index (χ0n) is 8.55. The summed E-state index contributed by atoms with van der Waals surface area (Å²) in [5, 5.41) is 2.06. The van der Waals surface area contributed by atoms with Gasteiger partial charge >= 0.3 is 0 Å². The number of aromatic nitrogens is 2. The highest BCUT2D eigenvalue weighted by molar-refractivity contribution is 7.13. The Hall–Kier alpha value is -1.87. The lowest BCUT2D eigenvalue weighted by Gasteiger charge is -1.93. The van der Waals surface area contributed by atoms with E-state index in [9.17, 15) is 0 Å². The lowest BCUT2D eigenvalue weighted by molar-refractivity contribution is 1.31. The Balaban J connectivity index is 2.00. The Morgan fingerprint density at radius 3 is 2.62 bits per heavy atom. The van der Waals surface area contributed by atoms with Crippen molar-refractivity contribution >= 4 is 11.3 Å². The molecule has 0 bridgehead atoms. The van der Waals surface area contributed by atoms with Crippen LogP contribution in [-0.2, 0) is 0 Å². The fraction of sp³-hybridized carbons (Fsp3) is 0. The second kappa shape index (κ2) is 3.94. The van der Waals surface area contributed by atoms with Gasteiger partial charge in [0.2, 0.25) is 0 Å². The van der Waals surface area contributed by atoms with Crippen LogP contribution in [0.5, 0.6) is 0 Å². The average molecular weight is 226 g/mol. The van der Waals surface area contributed by atoms with E-state index < -0.39 is 0 Å². The van der Waals surface area contributed by atoms with Gasteiger partial charge in [0.15, 0.2) is 0 Å². The summed E-state index contributed by atoms with van der Waals surface area (Å²) in [6.07, 6.45) is 1.95. The topological polar surface area (TPSA) is 28.7 Å². The summed E-state index contributed by atoms with van der Waals surface area (Å²) in [5.41, 5.74) is 2.12. The van der Waals surface area contributed by atoms with Crippen molar-refractivity contribution in [2.75, 3.05) is 0 Å². The maximum absolute atomic E-state index is 4.58. The van der Waals surface area contributed by atoms with E-state index in [2.05, 4.69) is 33.5 Å².